The lowest BCUT2D eigenvalue weighted by molar-refractivity contribution is 0.108. The fraction of sp³-hybridized carbons (Fsp3) is 0.294. The Bertz CT molecular complexity index is 511. The first-order chi connectivity index (χ1) is 9.79. The van der Waals surface area contributed by atoms with Crippen molar-refractivity contribution in [3.63, 3.8) is 0 Å². The van der Waals surface area contributed by atoms with E-state index in [4.69, 9.17) is 9.47 Å². The SMILES string of the molecule is CCCOc1cccc(OCC(O)c2ccccc2)c1. The van der Waals surface area contributed by atoms with Crippen LogP contribution in [-0.4, -0.2) is 18.3 Å². The normalized spacial score (nSPS) is 11.9. The molecule has 0 aliphatic heterocycles. The Kier molecular flexibility index (Phi) is 5.44. The third kappa shape index (κ3) is 4.28. The number of hydrogen-bond donors (Lipinski definition) is 1. The van der Waals surface area contributed by atoms with Crippen molar-refractivity contribution in [3.8, 4) is 11.5 Å². The zero-order valence-corrected chi connectivity index (χ0v) is 11.7. The van der Waals surface area contributed by atoms with Crippen LogP contribution in [0.4, 0.5) is 0 Å². The maximum absolute atomic E-state index is 10.0. The van der Waals surface area contributed by atoms with Crippen LogP contribution in [0.25, 0.3) is 0 Å². The second kappa shape index (κ2) is 7.56. The lowest BCUT2D eigenvalue weighted by Gasteiger charge is -2.13. The minimum absolute atomic E-state index is 0.223. The van der Waals surface area contributed by atoms with E-state index in [0.29, 0.717) is 12.4 Å². The number of aliphatic hydroxyl groups is 1. The predicted octanol–water partition coefficient (Wildman–Crippen LogP) is 3.59. The van der Waals surface area contributed by atoms with Crippen molar-refractivity contribution in [1.29, 1.82) is 0 Å². The van der Waals surface area contributed by atoms with E-state index in [0.717, 1.165) is 17.7 Å². The Morgan fingerprint density at radius 3 is 2.35 bits per heavy atom. The average molecular weight is 272 g/mol. The summed E-state index contributed by atoms with van der Waals surface area (Å²) in [5, 5.41) is 10.0. The molecule has 2 rings (SSSR count). The van der Waals surface area contributed by atoms with Gasteiger partial charge in [0.15, 0.2) is 0 Å². The van der Waals surface area contributed by atoms with Crippen molar-refractivity contribution in [2.24, 2.45) is 0 Å². The van der Waals surface area contributed by atoms with Crippen LogP contribution >= 0.6 is 0 Å². The van der Waals surface area contributed by atoms with Crippen molar-refractivity contribution >= 4 is 0 Å². The molecule has 106 valence electrons. The molecular formula is C17H20O3. The van der Waals surface area contributed by atoms with Crippen molar-refractivity contribution in [1.82, 2.24) is 0 Å². The highest BCUT2D eigenvalue weighted by Crippen LogP contribution is 2.21. The smallest absolute Gasteiger partial charge is 0.123 e. The van der Waals surface area contributed by atoms with Crippen LogP contribution in [-0.2, 0) is 0 Å². The molecule has 1 atom stereocenters. The molecule has 0 aliphatic rings. The summed E-state index contributed by atoms with van der Waals surface area (Å²) in [5.74, 6) is 1.49. The summed E-state index contributed by atoms with van der Waals surface area (Å²) < 4.78 is 11.2. The molecule has 0 heterocycles. The molecule has 2 aromatic carbocycles. The minimum atomic E-state index is -0.628. The molecule has 20 heavy (non-hydrogen) atoms. The Balaban J connectivity index is 1.90. The maximum Gasteiger partial charge on any atom is 0.123 e. The highest BCUT2D eigenvalue weighted by atomic mass is 16.5. The molecule has 3 nitrogen and oxygen atoms in total. The van der Waals surface area contributed by atoms with Crippen LogP contribution in [0, 0.1) is 0 Å². The molecule has 1 unspecified atom stereocenters. The molecule has 0 saturated heterocycles. The van der Waals surface area contributed by atoms with E-state index < -0.39 is 6.10 Å². The van der Waals surface area contributed by atoms with E-state index in [1.807, 2.05) is 54.6 Å². The van der Waals surface area contributed by atoms with Crippen molar-refractivity contribution in [3.05, 3.63) is 60.2 Å². The fourth-order valence-electron chi connectivity index (χ4n) is 1.82. The third-order valence-electron chi connectivity index (χ3n) is 2.87. The molecule has 0 spiro atoms. The molecule has 0 bridgehead atoms. The lowest BCUT2D eigenvalue weighted by atomic mass is 10.1. The van der Waals surface area contributed by atoms with Gasteiger partial charge in [-0.05, 0) is 24.1 Å². The number of rotatable bonds is 7. The van der Waals surface area contributed by atoms with Crippen LogP contribution in [0.3, 0.4) is 0 Å². The first-order valence-electron chi connectivity index (χ1n) is 6.88. The molecule has 1 N–H and O–H groups in total. The van der Waals surface area contributed by atoms with Gasteiger partial charge in [0, 0.05) is 6.07 Å². The molecule has 0 aromatic heterocycles. The number of hydrogen-bond acceptors (Lipinski definition) is 3. The summed E-state index contributed by atoms with van der Waals surface area (Å²) in [5.41, 5.74) is 0.853. The number of aliphatic hydroxyl groups excluding tert-OH is 1. The zero-order chi connectivity index (χ0) is 14.2. The minimum Gasteiger partial charge on any atom is -0.493 e. The van der Waals surface area contributed by atoms with Gasteiger partial charge in [-0.25, -0.2) is 0 Å². The van der Waals surface area contributed by atoms with E-state index in [1.165, 1.54) is 0 Å². The van der Waals surface area contributed by atoms with Crippen LogP contribution in [0.2, 0.25) is 0 Å². The van der Waals surface area contributed by atoms with Gasteiger partial charge in [-0.3, -0.25) is 0 Å². The van der Waals surface area contributed by atoms with Gasteiger partial charge < -0.3 is 14.6 Å². The van der Waals surface area contributed by atoms with E-state index in [1.54, 1.807) is 0 Å². The van der Waals surface area contributed by atoms with Crippen LogP contribution in [0.5, 0.6) is 11.5 Å². The van der Waals surface area contributed by atoms with Crippen molar-refractivity contribution in [2.75, 3.05) is 13.2 Å². The van der Waals surface area contributed by atoms with Crippen LogP contribution < -0.4 is 9.47 Å². The number of benzene rings is 2. The summed E-state index contributed by atoms with van der Waals surface area (Å²) in [4.78, 5) is 0. The van der Waals surface area contributed by atoms with Gasteiger partial charge in [0.05, 0.1) is 6.61 Å². The zero-order valence-electron chi connectivity index (χ0n) is 11.7. The topological polar surface area (TPSA) is 38.7 Å². The van der Waals surface area contributed by atoms with Gasteiger partial charge >= 0.3 is 0 Å². The monoisotopic (exact) mass is 272 g/mol. The highest BCUT2D eigenvalue weighted by Gasteiger charge is 2.08. The molecule has 2 aromatic rings. The van der Waals surface area contributed by atoms with Gasteiger partial charge in [-0.15, -0.1) is 0 Å². The predicted molar refractivity (Wildman–Crippen MR) is 79.1 cm³/mol. The van der Waals surface area contributed by atoms with E-state index in [2.05, 4.69) is 6.92 Å². The summed E-state index contributed by atoms with van der Waals surface area (Å²) in [6.45, 7) is 2.98. The summed E-state index contributed by atoms with van der Waals surface area (Å²) in [6, 6.07) is 17.0. The molecule has 3 heteroatoms. The number of ether oxygens (including phenoxy) is 2. The highest BCUT2D eigenvalue weighted by molar-refractivity contribution is 5.33. The summed E-state index contributed by atoms with van der Waals surface area (Å²) in [6.07, 6.45) is 0.342. The fourth-order valence-corrected chi connectivity index (χ4v) is 1.82. The molecule has 0 saturated carbocycles. The molecular weight excluding hydrogens is 252 g/mol. The van der Waals surface area contributed by atoms with E-state index >= 15 is 0 Å². The second-order valence-corrected chi connectivity index (χ2v) is 4.56. The summed E-state index contributed by atoms with van der Waals surface area (Å²) >= 11 is 0. The molecule has 0 radical (unpaired) electrons. The van der Waals surface area contributed by atoms with Crippen molar-refractivity contribution < 1.29 is 14.6 Å². The maximum atomic E-state index is 10.0. The van der Waals surface area contributed by atoms with Gasteiger partial charge in [-0.2, -0.15) is 0 Å². The van der Waals surface area contributed by atoms with Gasteiger partial charge in [0.2, 0.25) is 0 Å². The van der Waals surface area contributed by atoms with Gasteiger partial charge in [-0.1, -0.05) is 43.3 Å². The second-order valence-electron chi connectivity index (χ2n) is 4.56. The average Bonchev–Trinajstić information content (AvgIpc) is 2.52. The Hall–Kier alpha value is -2.00. The van der Waals surface area contributed by atoms with Gasteiger partial charge in [0.1, 0.15) is 24.2 Å². The van der Waals surface area contributed by atoms with Crippen molar-refractivity contribution in [2.45, 2.75) is 19.4 Å². The Labute approximate surface area is 119 Å². The molecule has 0 amide bonds. The van der Waals surface area contributed by atoms with E-state index in [9.17, 15) is 5.11 Å². The molecule has 0 fully saturated rings. The Morgan fingerprint density at radius 2 is 1.65 bits per heavy atom. The lowest BCUT2D eigenvalue weighted by Crippen LogP contribution is -2.09. The van der Waals surface area contributed by atoms with Crippen LogP contribution in [0.1, 0.15) is 25.0 Å². The van der Waals surface area contributed by atoms with Crippen LogP contribution in [0.15, 0.2) is 54.6 Å². The summed E-state index contributed by atoms with van der Waals surface area (Å²) in [7, 11) is 0. The Morgan fingerprint density at radius 1 is 0.950 bits per heavy atom. The first-order valence-corrected chi connectivity index (χ1v) is 6.88. The third-order valence-corrected chi connectivity index (χ3v) is 2.87. The standard InChI is InChI=1S/C17H20O3/c1-2-11-19-15-9-6-10-16(12-15)20-13-17(18)14-7-4-3-5-8-14/h3-10,12,17-18H,2,11,13H2,1H3. The quantitative estimate of drug-likeness (QED) is 0.837. The van der Waals surface area contributed by atoms with Gasteiger partial charge in [0.25, 0.3) is 0 Å². The van der Waals surface area contributed by atoms with E-state index in [-0.39, 0.29) is 6.61 Å². The first kappa shape index (κ1) is 14.4. The largest absolute Gasteiger partial charge is 0.493 e. The molecule has 0 aliphatic carbocycles.